The van der Waals surface area contributed by atoms with Crippen LogP contribution in [0, 0.1) is 6.92 Å². The second-order valence-corrected chi connectivity index (χ2v) is 5.41. The average molecular weight is 269 g/mol. The van der Waals surface area contributed by atoms with Gasteiger partial charge in [-0.1, -0.05) is 60.2 Å². The molecule has 0 unspecified atom stereocenters. The predicted molar refractivity (Wildman–Crippen MR) is 89.4 cm³/mol. The summed E-state index contributed by atoms with van der Waals surface area (Å²) in [6, 6.07) is 23.6. The minimum atomic E-state index is 1.07. The molecule has 0 aliphatic rings. The topological polar surface area (TPSA) is 12.9 Å². The Hall–Kier alpha value is -2.67. The van der Waals surface area contributed by atoms with Crippen LogP contribution in [-0.2, 0) is 0 Å². The van der Waals surface area contributed by atoms with Gasteiger partial charge in [0.1, 0.15) is 0 Å². The number of rotatable bonds is 1. The summed E-state index contributed by atoms with van der Waals surface area (Å²) in [4.78, 5) is 4.56. The molecule has 0 saturated carbocycles. The summed E-state index contributed by atoms with van der Waals surface area (Å²) < 4.78 is 0. The number of nitrogens with zero attached hydrogens (tertiary/aromatic N) is 1. The molecule has 4 aromatic rings. The molecule has 1 heteroatoms. The van der Waals surface area contributed by atoms with Crippen molar-refractivity contribution in [3.8, 4) is 11.1 Å². The number of aromatic nitrogens is 1. The Balaban J connectivity index is 2.16. The average Bonchev–Trinajstić information content (AvgIpc) is 2.54. The molecule has 0 aliphatic carbocycles. The molecule has 4 rings (SSSR count). The Morgan fingerprint density at radius 2 is 1.62 bits per heavy atom. The third-order valence-electron chi connectivity index (χ3n) is 3.94. The number of aryl methyl sites for hydroxylation is 1. The van der Waals surface area contributed by atoms with Gasteiger partial charge in [-0.25, -0.2) is 0 Å². The highest BCUT2D eigenvalue weighted by atomic mass is 14.6. The molecule has 0 radical (unpaired) electrons. The highest BCUT2D eigenvalue weighted by Gasteiger charge is 2.08. The van der Waals surface area contributed by atoms with Crippen LogP contribution in [0.5, 0.6) is 0 Å². The first kappa shape index (κ1) is 12.1. The van der Waals surface area contributed by atoms with Crippen LogP contribution in [0.25, 0.3) is 32.8 Å². The molecule has 0 fully saturated rings. The van der Waals surface area contributed by atoms with Gasteiger partial charge >= 0.3 is 0 Å². The number of hydrogen-bond acceptors (Lipinski definition) is 1. The van der Waals surface area contributed by atoms with Crippen LogP contribution in [0.2, 0.25) is 0 Å². The van der Waals surface area contributed by atoms with E-state index in [1.165, 1.54) is 32.8 Å². The van der Waals surface area contributed by atoms with Gasteiger partial charge in [0.25, 0.3) is 0 Å². The molecular weight excluding hydrogens is 254 g/mol. The lowest BCUT2D eigenvalue weighted by Gasteiger charge is -2.10. The third-order valence-corrected chi connectivity index (χ3v) is 3.94. The van der Waals surface area contributed by atoms with E-state index >= 15 is 0 Å². The van der Waals surface area contributed by atoms with Crippen molar-refractivity contribution in [2.75, 3.05) is 0 Å². The van der Waals surface area contributed by atoms with Gasteiger partial charge < -0.3 is 0 Å². The lowest BCUT2D eigenvalue weighted by molar-refractivity contribution is 1.43. The molecule has 3 aromatic carbocycles. The van der Waals surface area contributed by atoms with Crippen molar-refractivity contribution in [2.45, 2.75) is 6.92 Å². The maximum absolute atomic E-state index is 4.56. The van der Waals surface area contributed by atoms with Gasteiger partial charge in [0.15, 0.2) is 0 Å². The monoisotopic (exact) mass is 269 g/mol. The number of hydrogen-bond donors (Lipinski definition) is 0. The van der Waals surface area contributed by atoms with Gasteiger partial charge in [-0.05, 0) is 35.6 Å². The number of fused-ring (bicyclic) bond motifs is 3. The van der Waals surface area contributed by atoms with E-state index in [0.717, 1.165) is 5.52 Å². The van der Waals surface area contributed by atoms with Gasteiger partial charge in [-0.2, -0.15) is 0 Å². The van der Waals surface area contributed by atoms with Crippen LogP contribution in [0.3, 0.4) is 0 Å². The van der Waals surface area contributed by atoms with E-state index in [4.69, 9.17) is 0 Å². The van der Waals surface area contributed by atoms with Crippen molar-refractivity contribution in [1.82, 2.24) is 4.98 Å². The van der Waals surface area contributed by atoms with E-state index in [-0.39, 0.29) is 0 Å². The molecule has 21 heavy (non-hydrogen) atoms. The normalized spacial score (nSPS) is 11.1. The van der Waals surface area contributed by atoms with Crippen molar-refractivity contribution in [3.63, 3.8) is 0 Å². The maximum Gasteiger partial charge on any atom is 0.0780 e. The highest BCUT2D eigenvalue weighted by molar-refractivity contribution is 6.12. The molecular formula is C20H15N. The fraction of sp³-hybridized carbons (Fsp3) is 0.0500. The van der Waals surface area contributed by atoms with E-state index in [0.29, 0.717) is 0 Å². The van der Waals surface area contributed by atoms with Crippen LogP contribution < -0.4 is 0 Å². The maximum atomic E-state index is 4.56. The van der Waals surface area contributed by atoms with Crippen LogP contribution in [0.4, 0.5) is 0 Å². The molecule has 0 atom stereocenters. The third kappa shape index (κ3) is 1.98. The molecule has 100 valence electrons. The molecule has 1 nitrogen and oxygen atoms in total. The quantitative estimate of drug-likeness (QED) is 0.424. The largest absolute Gasteiger partial charge is 0.256 e. The molecule has 1 aromatic heterocycles. The first-order valence-corrected chi connectivity index (χ1v) is 7.16. The molecule has 0 aliphatic heterocycles. The van der Waals surface area contributed by atoms with Crippen LogP contribution in [0.15, 0.2) is 72.9 Å². The van der Waals surface area contributed by atoms with Crippen LogP contribution >= 0.6 is 0 Å². The molecule has 0 bridgehead atoms. The van der Waals surface area contributed by atoms with E-state index in [1.54, 1.807) is 0 Å². The fourth-order valence-corrected chi connectivity index (χ4v) is 2.97. The van der Waals surface area contributed by atoms with Gasteiger partial charge in [0.05, 0.1) is 5.52 Å². The summed E-state index contributed by atoms with van der Waals surface area (Å²) in [6.45, 7) is 2.13. The van der Waals surface area contributed by atoms with Gasteiger partial charge in [0.2, 0.25) is 0 Å². The second-order valence-electron chi connectivity index (χ2n) is 5.41. The SMILES string of the molecule is Cc1cccc(-c2cc3cccnc3c3ccccc23)c1. The summed E-state index contributed by atoms with van der Waals surface area (Å²) in [5.74, 6) is 0. The van der Waals surface area contributed by atoms with E-state index in [1.807, 2.05) is 12.3 Å². The Kier molecular flexibility index (Phi) is 2.71. The zero-order valence-electron chi connectivity index (χ0n) is 11.9. The summed E-state index contributed by atoms with van der Waals surface area (Å²) in [7, 11) is 0. The summed E-state index contributed by atoms with van der Waals surface area (Å²) in [5.41, 5.74) is 4.89. The summed E-state index contributed by atoms with van der Waals surface area (Å²) >= 11 is 0. The Bertz CT molecular complexity index is 954. The smallest absolute Gasteiger partial charge is 0.0780 e. The summed E-state index contributed by atoms with van der Waals surface area (Å²) in [5, 5.41) is 3.66. The van der Waals surface area contributed by atoms with Crippen molar-refractivity contribution < 1.29 is 0 Å². The predicted octanol–water partition coefficient (Wildman–Crippen LogP) is 5.36. The molecule has 0 N–H and O–H groups in total. The Morgan fingerprint density at radius 1 is 0.762 bits per heavy atom. The van der Waals surface area contributed by atoms with E-state index < -0.39 is 0 Å². The molecule has 0 amide bonds. The minimum absolute atomic E-state index is 1.07. The minimum Gasteiger partial charge on any atom is -0.256 e. The lowest BCUT2D eigenvalue weighted by Crippen LogP contribution is -1.86. The second kappa shape index (κ2) is 4.71. The number of benzene rings is 3. The molecule has 1 heterocycles. The zero-order chi connectivity index (χ0) is 14.2. The Morgan fingerprint density at radius 3 is 2.48 bits per heavy atom. The van der Waals surface area contributed by atoms with Crippen molar-refractivity contribution in [1.29, 1.82) is 0 Å². The highest BCUT2D eigenvalue weighted by Crippen LogP contribution is 2.34. The van der Waals surface area contributed by atoms with E-state index in [2.05, 4.69) is 72.6 Å². The first-order chi connectivity index (χ1) is 10.3. The summed E-state index contributed by atoms with van der Waals surface area (Å²) in [6.07, 6.45) is 1.86. The first-order valence-electron chi connectivity index (χ1n) is 7.16. The standard InChI is InChI=1S/C20H15N/c1-14-6-4-7-15(12-14)19-13-16-8-5-11-21-20(16)18-10-3-2-9-17(18)19/h2-13H,1H3. The lowest BCUT2D eigenvalue weighted by atomic mass is 9.94. The van der Waals surface area contributed by atoms with Crippen molar-refractivity contribution in [3.05, 3.63) is 78.5 Å². The van der Waals surface area contributed by atoms with Gasteiger partial charge in [-0.15, -0.1) is 0 Å². The van der Waals surface area contributed by atoms with Gasteiger partial charge in [0, 0.05) is 17.0 Å². The fourth-order valence-electron chi connectivity index (χ4n) is 2.97. The number of pyridine rings is 1. The van der Waals surface area contributed by atoms with Crippen LogP contribution in [-0.4, -0.2) is 4.98 Å². The van der Waals surface area contributed by atoms with Crippen molar-refractivity contribution >= 4 is 21.7 Å². The van der Waals surface area contributed by atoms with E-state index in [9.17, 15) is 0 Å². The molecule has 0 spiro atoms. The van der Waals surface area contributed by atoms with Crippen LogP contribution in [0.1, 0.15) is 5.56 Å². The zero-order valence-corrected chi connectivity index (χ0v) is 11.9. The van der Waals surface area contributed by atoms with Crippen molar-refractivity contribution in [2.24, 2.45) is 0 Å². The van der Waals surface area contributed by atoms with Gasteiger partial charge in [-0.3, -0.25) is 4.98 Å². The molecule has 0 saturated heterocycles. The Labute approximate surface area is 123 Å².